The third-order valence-corrected chi connectivity index (χ3v) is 5.01. The second-order valence-corrected chi connectivity index (χ2v) is 6.75. The maximum atomic E-state index is 9.56. The first-order valence-corrected chi connectivity index (χ1v) is 8.72. The van der Waals surface area contributed by atoms with Crippen molar-refractivity contribution in [3.8, 4) is 11.5 Å². The average molecular weight is 334 g/mol. The lowest BCUT2D eigenvalue weighted by molar-refractivity contribution is 0.212. The Bertz CT molecular complexity index is 866. The summed E-state index contributed by atoms with van der Waals surface area (Å²) in [6.07, 6.45) is 1.85. The van der Waals surface area contributed by atoms with Crippen molar-refractivity contribution in [3.63, 3.8) is 0 Å². The van der Waals surface area contributed by atoms with Gasteiger partial charge < -0.3 is 14.7 Å². The number of aliphatic hydroxyl groups excluding tert-OH is 1. The molecule has 1 N–H and O–H groups in total. The van der Waals surface area contributed by atoms with E-state index in [9.17, 15) is 5.11 Å². The summed E-state index contributed by atoms with van der Waals surface area (Å²) in [4.78, 5) is 6.84. The predicted molar refractivity (Wildman–Crippen MR) is 100 cm³/mol. The van der Waals surface area contributed by atoms with E-state index in [0.717, 1.165) is 41.2 Å². The maximum Gasteiger partial charge on any atom is 0.128 e. The van der Waals surface area contributed by atoms with Crippen LogP contribution >= 0.6 is 0 Å². The molecular weight excluding hydrogens is 312 g/mol. The van der Waals surface area contributed by atoms with Crippen molar-refractivity contribution in [1.29, 1.82) is 0 Å². The van der Waals surface area contributed by atoms with Gasteiger partial charge in [0.1, 0.15) is 11.5 Å². The predicted octanol–water partition coefficient (Wildman–Crippen LogP) is 4.09. The van der Waals surface area contributed by atoms with E-state index in [4.69, 9.17) is 4.74 Å². The van der Waals surface area contributed by atoms with Crippen LogP contribution in [0.1, 0.15) is 6.92 Å². The van der Waals surface area contributed by atoms with E-state index >= 15 is 0 Å². The van der Waals surface area contributed by atoms with Crippen LogP contribution < -0.4 is 9.64 Å². The van der Waals surface area contributed by atoms with Gasteiger partial charge in [-0.1, -0.05) is 25.1 Å². The number of ether oxygens (including phenoxy) is 1. The number of fused-ring (bicyclic) bond motifs is 1. The molecule has 0 spiro atoms. The molecule has 2 heterocycles. The largest absolute Gasteiger partial charge is 0.457 e. The molecule has 0 unspecified atom stereocenters. The number of anilines is 1. The molecule has 0 saturated carbocycles. The number of nitrogens with zero attached hydrogens (tertiary/aromatic N) is 2. The Morgan fingerprint density at radius 3 is 2.68 bits per heavy atom. The van der Waals surface area contributed by atoms with Crippen LogP contribution in [0.15, 0.2) is 60.8 Å². The number of aliphatic hydroxyl groups is 1. The van der Waals surface area contributed by atoms with Gasteiger partial charge in [-0.05, 0) is 42.3 Å². The summed E-state index contributed by atoms with van der Waals surface area (Å²) in [7, 11) is 0. The summed E-state index contributed by atoms with van der Waals surface area (Å²) in [5.74, 6) is 2.44. The minimum Gasteiger partial charge on any atom is -0.457 e. The van der Waals surface area contributed by atoms with Gasteiger partial charge in [0, 0.05) is 42.9 Å². The minimum atomic E-state index is 0.239. The zero-order chi connectivity index (χ0) is 17.2. The summed E-state index contributed by atoms with van der Waals surface area (Å²) < 4.78 is 5.98. The summed E-state index contributed by atoms with van der Waals surface area (Å²) in [6, 6.07) is 17.9. The Labute approximate surface area is 147 Å². The van der Waals surface area contributed by atoms with Crippen molar-refractivity contribution in [2.24, 2.45) is 11.8 Å². The topological polar surface area (TPSA) is 45.6 Å². The van der Waals surface area contributed by atoms with Gasteiger partial charge in [0.25, 0.3) is 0 Å². The zero-order valence-electron chi connectivity index (χ0n) is 14.3. The summed E-state index contributed by atoms with van der Waals surface area (Å²) in [5, 5.41) is 10.6. The Hall–Kier alpha value is -2.59. The summed E-state index contributed by atoms with van der Waals surface area (Å²) in [6.45, 7) is 4.27. The first kappa shape index (κ1) is 15.9. The van der Waals surface area contributed by atoms with Crippen molar-refractivity contribution >= 4 is 16.6 Å². The van der Waals surface area contributed by atoms with Crippen LogP contribution in [0.5, 0.6) is 11.5 Å². The monoisotopic (exact) mass is 334 g/mol. The lowest BCUT2D eigenvalue weighted by Crippen LogP contribution is -2.20. The fourth-order valence-electron chi connectivity index (χ4n) is 3.54. The highest BCUT2D eigenvalue weighted by atomic mass is 16.5. The zero-order valence-corrected chi connectivity index (χ0v) is 14.3. The van der Waals surface area contributed by atoms with Crippen molar-refractivity contribution in [3.05, 3.63) is 60.8 Å². The SMILES string of the molecule is C[C@@H]1CN(c2ccnc3ccc(Oc4ccccc4)cc23)C[C@H]1CO. The standard InChI is InChI=1S/C21H22N2O2/c1-15-12-23(13-16(15)14-24)21-9-10-22-20-8-7-18(11-19(20)21)25-17-5-3-2-4-6-17/h2-11,15-16,24H,12-14H2,1H3/t15-,16+/m1/s1. The third-order valence-electron chi connectivity index (χ3n) is 5.01. The quantitative estimate of drug-likeness (QED) is 0.780. The van der Waals surface area contributed by atoms with Gasteiger partial charge >= 0.3 is 0 Å². The van der Waals surface area contributed by atoms with Crippen LogP contribution in [-0.2, 0) is 0 Å². The van der Waals surface area contributed by atoms with Gasteiger partial charge in [-0.15, -0.1) is 0 Å². The van der Waals surface area contributed by atoms with Crippen molar-refractivity contribution in [2.75, 3.05) is 24.6 Å². The molecule has 25 heavy (non-hydrogen) atoms. The Kier molecular flexibility index (Phi) is 4.28. The highest BCUT2D eigenvalue weighted by molar-refractivity contribution is 5.92. The third kappa shape index (κ3) is 3.17. The van der Waals surface area contributed by atoms with Gasteiger partial charge in [0.05, 0.1) is 5.52 Å². The molecule has 1 aliphatic rings. The fraction of sp³-hybridized carbons (Fsp3) is 0.286. The van der Waals surface area contributed by atoms with Crippen molar-refractivity contribution < 1.29 is 9.84 Å². The molecule has 3 aromatic rings. The minimum absolute atomic E-state index is 0.239. The molecule has 1 aromatic heterocycles. The highest BCUT2D eigenvalue weighted by Gasteiger charge is 2.29. The van der Waals surface area contributed by atoms with Crippen molar-refractivity contribution in [2.45, 2.75) is 6.92 Å². The fourth-order valence-corrected chi connectivity index (χ4v) is 3.54. The van der Waals surface area contributed by atoms with E-state index < -0.39 is 0 Å². The van der Waals surface area contributed by atoms with Crippen LogP contribution in [0.25, 0.3) is 10.9 Å². The molecule has 128 valence electrons. The summed E-state index contributed by atoms with van der Waals surface area (Å²) >= 11 is 0. The second kappa shape index (κ2) is 6.73. The van der Waals surface area contributed by atoms with E-state index in [2.05, 4.69) is 28.9 Å². The van der Waals surface area contributed by atoms with Crippen LogP contribution in [0.3, 0.4) is 0 Å². The Morgan fingerprint density at radius 1 is 1.08 bits per heavy atom. The van der Waals surface area contributed by atoms with Gasteiger partial charge in [-0.3, -0.25) is 4.98 Å². The van der Waals surface area contributed by atoms with E-state index in [1.54, 1.807) is 0 Å². The second-order valence-electron chi connectivity index (χ2n) is 6.75. The highest BCUT2D eigenvalue weighted by Crippen LogP contribution is 2.34. The number of benzene rings is 2. The maximum absolute atomic E-state index is 9.56. The number of hydrogen-bond donors (Lipinski definition) is 1. The molecule has 0 aliphatic carbocycles. The molecular formula is C21H22N2O2. The van der Waals surface area contributed by atoms with E-state index in [0.29, 0.717) is 11.8 Å². The Morgan fingerprint density at radius 2 is 1.92 bits per heavy atom. The van der Waals surface area contributed by atoms with Crippen LogP contribution in [-0.4, -0.2) is 29.8 Å². The molecule has 4 nitrogen and oxygen atoms in total. The van der Waals surface area contributed by atoms with Crippen LogP contribution in [0, 0.1) is 11.8 Å². The van der Waals surface area contributed by atoms with Crippen LogP contribution in [0.4, 0.5) is 5.69 Å². The van der Waals surface area contributed by atoms with Gasteiger partial charge in [0.15, 0.2) is 0 Å². The number of pyridine rings is 1. The van der Waals surface area contributed by atoms with Crippen molar-refractivity contribution in [1.82, 2.24) is 4.98 Å². The molecule has 2 aromatic carbocycles. The first-order chi connectivity index (χ1) is 12.2. The number of para-hydroxylation sites is 1. The lowest BCUT2D eigenvalue weighted by atomic mass is 10.00. The molecule has 1 fully saturated rings. The molecule has 2 atom stereocenters. The van der Waals surface area contributed by atoms with E-state index in [1.807, 2.05) is 48.7 Å². The average Bonchev–Trinajstić information content (AvgIpc) is 3.02. The molecule has 0 bridgehead atoms. The van der Waals surface area contributed by atoms with E-state index in [-0.39, 0.29) is 6.61 Å². The van der Waals surface area contributed by atoms with Gasteiger partial charge in [0.2, 0.25) is 0 Å². The smallest absolute Gasteiger partial charge is 0.128 e. The van der Waals surface area contributed by atoms with Gasteiger partial charge in [-0.2, -0.15) is 0 Å². The molecule has 1 saturated heterocycles. The lowest BCUT2D eigenvalue weighted by Gasteiger charge is -2.20. The summed E-state index contributed by atoms with van der Waals surface area (Å²) in [5.41, 5.74) is 2.12. The Balaban J connectivity index is 1.69. The number of hydrogen-bond acceptors (Lipinski definition) is 4. The normalized spacial score (nSPS) is 20.2. The van der Waals surface area contributed by atoms with E-state index in [1.165, 1.54) is 0 Å². The molecule has 4 rings (SSSR count). The van der Waals surface area contributed by atoms with Crippen LogP contribution in [0.2, 0.25) is 0 Å². The molecule has 4 heteroatoms. The first-order valence-electron chi connectivity index (χ1n) is 8.72. The number of aromatic nitrogens is 1. The molecule has 0 amide bonds. The molecule has 0 radical (unpaired) electrons. The van der Waals surface area contributed by atoms with Gasteiger partial charge in [-0.25, -0.2) is 0 Å². The molecule has 1 aliphatic heterocycles. The number of rotatable bonds is 4.